The third kappa shape index (κ3) is 3.77. The van der Waals surface area contributed by atoms with Crippen molar-refractivity contribution >= 4 is 11.6 Å². The van der Waals surface area contributed by atoms with Gasteiger partial charge in [-0.15, -0.1) is 11.6 Å². The molecule has 72 valence electrons. The normalized spacial score (nSPS) is 10.3. The first-order valence-corrected chi connectivity index (χ1v) is 5.40. The highest BCUT2D eigenvalue weighted by molar-refractivity contribution is 6.17. The summed E-state index contributed by atoms with van der Waals surface area (Å²) in [6.07, 6.45) is 6.31. The van der Waals surface area contributed by atoms with Crippen molar-refractivity contribution in [2.24, 2.45) is 0 Å². The molecule has 13 heavy (non-hydrogen) atoms. The molecule has 0 saturated carbocycles. The molecular formula is C11H16ClN. The minimum atomic E-state index is 0.757. The van der Waals surface area contributed by atoms with Crippen LogP contribution in [0.3, 0.4) is 0 Å². The zero-order valence-corrected chi connectivity index (χ0v) is 8.85. The molecule has 1 aromatic heterocycles. The summed E-state index contributed by atoms with van der Waals surface area (Å²) in [5, 5.41) is 0. The molecular weight excluding hydrogens is 182 g/mol. The molecule has 1 heterocycles. The van der Waals surface area contributed by atoms with Crippen LogP contribution >= 0.6 is 11.6 Å². The van der Waals surface area contributed by atoms with E-state index in [1.807, 2.05) is 6.20 Å². The lowest BCUT2D eigenvalue weighted by Crippen LogP contribution is -1.92. The van der Waals surface area contributed by atoms with Gasteiger partial charge in [0.1, 0.15) is 0 Å². The predicted octanol–water partition coefficient (Wildman–Crippen LogP) is 3.21. The molecule has 0 aromatic carbocycles. The van der Waals surface area contributed by atoms with E-state index in [-0.39, 0.29) is 0 Å². The second-order valence-corrected chi connectivity index (χ2v) is 3.54. The van der Waals surface area contributed by atoms with Gasteiger partial charge in [-0.25, -0.2) is 0 Å². The molecule has 0 bridgehead atoms. The average molecular weight is 198 g/mol. The largest absolute Gasteiger partial charge is 0.261 e. The van der Waals surface area contributed by atoms with E-state index in [0.29, 0.717) is 0 Å². The lowest BCUT2D eigenvalue weighted by Gasteiger charge is -2.00. The van der Waals surface area contributed by atoms with Crippen LogP contribution < -0.4 is 0 Å². The van der Waals surface area contributed by atoms with Crippen LogP contribution in [0.15, 0.2) is 18.3 Å². The molecule has 0 aliphatic carbocycles. The van der Waals surface area contributed by atoms with Crippen LogP contribution in [-0.4, -0.2) is 10.9 Å². The van der Waals surface area contributed by atoms with Crippen molar-refractivity contribution in [2.75, 3.05) is 5.88 Å². The van der Waals surface area contributed by atoms with Crippen LogP contribution in [0.25, 0.3) is 0 Å². The zero-order valence-electron chi connectivity index (χ0n) is 8.09. The molecule has 0 aliphatic rings. The van der Waals surface area contributed by atoms with Gasteiger partial charge in [0.2, 0.25) is 0 Å². The summed E-state index contributed by atoms with van der Waals surface area (Å²) in [5.74, 6) is 0.757. The SMILES string of the molecule is CCc1ccc(CCCCCl)nc1. The summed E-state index contributed by atoms with van der Waals surface area (Å²) >= 11 is 5.60. The van der Waals surface area contributed by atoms with Crippen LogP contribution in [0.4, 0.5) is 0 Å². The third-order valence-electron chi connectivity index (χ3n) is 2.11. The number of hydrogen-bond acceptors (Lipinski definition) is 1. The van der Waals surface area contributed by atoms with E-state index in [4.69, 9.17) is 11.6 Å². The van der Waals surface area contributed by atoms with Gasteiger partial charge >= 0.3 is 0 Å². The van der Waals surface area contributed by atoms with Gasteiger partial charge in [0.15, 0.2) is 0 Å². The summed E-state index contributed by atoms with van der Waals surface area (Å²) in [5.41, 5.74) is 2.49. The summed E-state index contributed by atoms with van der Waals surface area (Å²) < 4.78 is 0. The van der Waals surface area contributed by atoms with Crippen molar-refractivity contribution in [2.45, 2.75) is 32.6 Å². The van der Waals surface area contributed by atoms with Gasteiger partial charge in [-0.05, 0) is 37.3 Å². The maximum atomic E-state index is 5.60. The van der Waals surface area contributed by atoms with E-state index in [1.165, 1.54) is 11.3 Å². The topological polar surface area (TPSA) is 12.9 Å². The number of aromatic nitrogens is 1. The van der Waals surface area contributed by atoms with E-state index in [2.05, 4.69) is 24.0 Å². The third-order valence-corrected chi connectivity index (χ3v) is 2.38. The number of nitrogens with zero attached hydrogens (tertiary/aromatic N) is 1. The highest BCUT2D eigenvalue weighted by Crippen LogP contribution is 2.05. The highest BCUT2D eigenvalue weighted by atomic mass is 35.5. The molecule has 1 nitrogen and oxygen atoms in total. The molecule has 1 aromatic rings. The van der Waals surface area contributed by atoms with E-state index in [9.17, 15) is 0 Å². The predicted molar refractivity (Wildman–Crippen MR) is 57.3 cm³/mol. The minimum absolute atomic E-state index is 0.757. The van der Waals surface area contributed by atoms with Crippen LogP contribution in [-0.2, 0) is 12.8 Å². The van der Waals surface area contributed by atoms with Crippen molar-refractivity contribution in [3.8, 4) is 0 Å². The molecule has 0 unspecified atom stereocenters. The van der Waals surface area contributed by atoms with Crippen molar-refractivity contribution < 1.29 is 0 Å². The van der Waals surface area contributed by atoms with E-state index in [1.54, 1.807) is 0 Å². The molecule has 0 saturated heterocycles. The Balaban J connectivity index is 2.40. The molecule has 0 fully saturated rings. The lowest BCUT2D eigenvalue weighted by molar-refractivity contribution is 0.779. The molecule has 1 rings (SSSR count). The van der Waals surface area contributed by atoms with Crippen LogP contribution in [0, 0.1) is 0 Å². The van der Waals surface area contributed by atoms with Crippen LogP contribution in [0.1, 0.15) is 31.0 Å². The Kier molecular flexibility index (Phi) is 4.84. The Morgan fingerprint density at radius 2 is 2.15 bits per heavy atom. The number of unbranched alkanes of at least 4 members (excludes halogenated alkanes) is 1. The number of halogens is 1. The van der Waals surface area contributed by atoms with E-state index < -0.39 is 0 Å². The van der Waals surface area contributed by atoms with Crippen molar-refractivity contribution in [1.29, 1.82) is 0 Å². The number of hydrogen-bond donors (Lipinski definition) is 0. The zero-order chi connectivity index (χ0) is 9.52. The Hall–Kier alpha value is -0.560. The molecule has 2 heteroatoms. The van der Waals surface area contributed by atoms with Gasteiger partial charge in [-0.3, -0.25) is 4.98 Å². The van der Waals surface area contributed by atoms with Gasteiger partial charge in [0.25, 0.3) is 0 Å². The Morgan fingerprint density at radius 3 is 2.69 bits per heavy atom. The van der Waals surface area contributed by atoms with Gasteiger partial charge in [0.05, 0.1) is 0 Å². The molecule has 0 radical (unpaired) electrons. The fourth-order valence-corrected chi connectivity index (χ4v) is 1.40. The fraction of sp³-hybridized carbons (Fsp3) is 0.545. The first-order valence-electron chi connectivity index (χ1n) is 4.86. The molecule has 0 spiro atoms. The highest BCUT2D eigenvalue weighted by Gasteiger charge is 1.94. The molecule has 0 aliphatic heterocycles. The Bertz CT molecular complexity index is 230. The maximum Gasteiger partial charge on any atom is 0.0403 e. The quantitative estimate of drug-likeness (QED) is 0.522. The summed E-state index contributed by atoms with van der Waals surface area (Å²) in [6, 6.07) is 4.27. The smallest absolute Gasteiger partial charge is 0.0403 e. The Morgan fingerprint density at radius 1 is 1.31 bits per heavy atom. The second-order valence-electron chi connectivity index (χ2n) is 3.16. The summed E-state index contributed by atoms with van der Waals surface area (Å²) in [4.78, 5) is 4.38. The van der Waals surface area contributed by atoms with Crippen LogP contribution in [0.5, 0.6) is 0 Å². The summed E-state index contributed by atoms with van der Waals surface area (Å²) in [7, 11) is 0. The van der Waals surface area contributed by atoms with Crippen molar-refractivity contribution in [3.05, 3.63) is 29.6 Å². The minimum Gasteiger partial charge on any atom is -0.261 e. The molecule has 0 amide bonds. The maximum absolute atomic E-state index is 5.60. The first-order chi connectivity index (χ1) is 6.36. The van der Waals surface area contributed by atoms with Crippen LogP contribution in [0.2, 0.25) is 0 Å². The van der Waals surface area contributed by atoms with E-state index in [0.717, 1.165) is 31.6 Å². The standard InChI is InChI=1S/C11H16ClN/c1-2-10-6-7-11(13-9-10)5-3-4-8-12/h6-7,9H,2-5,8H2,1H3. The van der Waals surface area contributed by atoms with Gasteiger partial charge in [-0.2, -0.15) is 0 Å². The van der Waals surface area contributed by atoms with Crippen molar-refractivity contribution in [3.63, 3.8) is 0 Å². The second kappa shape index (κ2) is 5.98. The molecule has 0 atom stereocenters. The first kappa shape index (κ1) is 10.5. The monoisotopic (exact) mass is 197 g/mol. The molecule has 0 N–H and O–H groups in total. The fourth-order valence-electron chi connectivity index (χ4n) is 1.21. The number of aryl methyl sites for hydroxylation is 2. The number of alkyl halides is 1. The Labute approximate surface area is 85.1 Å². The lowest BCUT2D eigenvalue weighted by atomic mass is 10.1. The van der Waals surface area contributed by atoms with Gasteiger partial charge < -0.3 is 0 Å². The average Bonchev–Trinajstić information content (AvgIpc) is 2.19. The van der Waals surface area contributed by atoms with Gasteiger partial charge in [0, 0.05) is 17.8 Å². The van der Waals surface area contributed by atoms with E-state index >= 15 is 0 Å². The van der Waals surface area contributed by atoms with Crippen molar-refractivity contribution in [1.82, 2.24) is 4.98 Å². The summed E-state index contributed by atoms with van der Waals surface area (Å²) in [6.45, 7) is 2.14. The number of pyridine rings is 1. The number of rotatable bonds is 5. The van der Waals surface area contributed by atoms with Gasteiger partial charge in [-0.1, -0.05) is 13.0 Å².